The van der Waals surface area contributed by atoms with Crippen molar-refractivity contribution in [3.05, 3.63) is 53.4 Å². The number of benzene rings is 1. The molecule has 4 nitrogen and oxygen atoms in total. The van der Waals surface area contributed by atoms with Crippen molar-refractivity contribution in [3.63, 3.8) is 0 Å². The van der Waals surface area contributed by atoms with E-state index in [1.54, 1.807) is 30.1 Å². The summed E-state index contributed by atoms with van der Waals surface area (Å²) in [7, 11) is 1.71. The molecule has 100 valence electrons. The molecule has 2 aromatic rings. The molecule has 19 heavy (non-hydrogen) atoms. The van der Waals surface area contributed by atoms with Gasteiger partial charge >= 0.3 is 0 Å². The van der Waals surface area contributed by atoms with Crippen LogP contribution in [-0.4, -0.2) is 31.0 Å². The Labute approximate surface area is 116 Å². The van der Waals surface area contributed by atoms with Crippen molar-refractivity contribution in [2.24, 2.45) is 0 Å². The summed E-state index contributed by atoms with van der Waals surface area (Å²) >= 11 is 5.97. The lowest BCUT2D eigenvalue weighted by Gasteiger charge is -2.16. The number of hydrogen-bond acceptors (Lipinski definition) is 3. The summed E-state index contributed by atoms with van der Waals surface area (Å²) in [6.07, 6.45) is 2.90. The molecule has 0 N–H and O–H groups in total. The highest BCUT2D eigenvalue weighted by molar-refractivity contribution is 6.32. The van der Waals surface area contributed by atoms with Gasteiger partial charge in [-0.05, 0) is 18.2 Å². The van der Waals surface area contributed by atoms with Gasteiger partial charge in [-0.3, -0.25) is 4.79 Å². The molecule has 1 heterocycles. The normalized spacial score (nSPS) is 10.2. The molecule has 0 aliphatic carbocycles. The van der Waals surface area contributed by atoms with Gasteiger partial charge in [0.25, 0.3) is 5.91 Å². The minimum absolute atomic E-state index is 0.100. The van der Waals surface area contributed by atoms with E-state index in [2.05, 4.69) is 0 Å². The molecule has 0 spiro atoms. The van der Waals surface area contributed by atoms with Crippen LogP contribution >= 0.6 is 11.6 Å². The molecule has 1 aromatic carbocycles. The number of amides is 1. The molecule has 2 rings (SSSR count). The number of carbonyl (C=O) groups excluding carboxylic acids is 1. The third-order valence-corrected chi connectivity index (χ3v) is 2.95. The molecule has 5 heteroatoms. The van der Waals surface area contributed by atoms with Crippen LogP contribution in [-0.2, 0) is 0 Å². The highest BCUT2D eigenvalue weighted by Gasteiger charge is 2.12. The summed E-state index contributed by atoms with van der Waals surface area (Å²) in [4.78, 5) is 13.5. The molecule has 0 radical (unpaired) electrons. The van der Waals surface area contributed by atoms with Crippen molar-refractivity contribution in [1.82, 2.24) is 4.90 Å². The fourth-order valence-electron chi connectivity index (χ4n) is 1.56. The maximum Gasteiger partial charge on any atom is 0.256 e. The maximum absolute atomic E-state index is 11.9. The highest BCUT2D eigenvalue weighted by Crippen LogP contribution is 2.22. The van der Waals surface area contributed by atoms with Gasteiger partial charge in [-0.15, -0.1) is 0 Å². The molecule has 0 unspecified atom stereocenters. The van der Waals surface area contributed by atoms with Crippen LogP contribution < -0.4 is 4.74 Å². The van der Waals surface area contributed by atoms with Crippen LogP contribution in [0.15, 0.2) is 47.3 Å². The summed E-state index contributed by atoms with van der Waals surface area (Å²) < 4.78 is 10.4. The topological polar surface area (TPSA) is 42.7 Å². The zero-order valence-corrected chi connectivity index (χ0v) is 11.3. The van der Waals surface area contributed by atoms with E-state index in [0.717, 1.165) is 0 Å². The van der Waals surface area contributed by atoms with E-state index >= 15 is 0 Å². The van der Waals surface area contributed by atoms with E-state index in [1.807, 2.05) is 12.1 Å². The molecular formula is C14H14ClNO3. The van der Waals surface area contributed by atoms with E-state index in [4.69, 9.17) is 20.8 Å². The summed E-state index contributed by atoms with van der Waals surface area (Å²) in [5.74, 6) is 0.518. The van der Waals surface area contributed by atoms with Crippen LogP contribution in [0.25, 0.3) is 0 Å². The fraction of sp³-hybridized carbons (Fsp3) is 0.214. The second kappa shape index (κ2) is 6.29. The summed E-state index contributed by atoms with van der Waals surface area (Å²) in [6, 6.07) is 8.87. The van der Waals surface area contributed by atoms with Crippen molar-refractivity contribution in [3.8, 4) is 5.75 Å². The van der Waals surface area contributed by atoms with Gasteiger partial charge in [-0.25, -0.2) is 0 Å². The zero-order valence-electron chi connectivity index (χ0n) is 10.5. The van der Waals surface area contributed by atoms with E-state index in [9.17, 15) is 4.79 Å². The predicted octanol–water partition coefficient (Wildman–Crippen LogP) is 3.08. The van der Waals surface area contributed by atoms with Gasteiger partial charge in [0.1, 0.15) is 18.6 Å². The molecule has 0 saturated carbocycles. The van der Waals surface area contributed by atoms with Gasteiger partial charge in [0.2, 0.25) is 0 Å². The van der Waals surface area contributed by atoms with E-state index in [0.29, 0.717) is 29.5 Å². The number of ether oxygens (including phenoxy) is 1. The van der Waals surface area contributed by atoms with Crippen LogP contribution in [0.2, 0.25) is 5.02 Å². The Morgan fingerprint density at radius 3 is 2.84 bits per heavy atom. The van der Waals surface area contributed by atoms with E-state index < -0.39 is 0 Å². The van der Waals surface area contributed by atoms with Gasteiger partial charge in [0.15, 0.2) is 0 Å². The predicted molar refractivity (Wildman–Crippen MR) is 72.6 cm³/mol. The molecule has 1 amide bonds. The number of halogens is 1. The SMILES string of the molecule is CN(CCOc1ccccc1Cl)C(=O)c1ccoc1. The molecule has 0 aliphatic heterocycles. The summed E-state index contributed by atoms with van der Waals surface area (Å²) in [5.41, 5.74) is 0.528. The minimum atomic E-state index is -0.100. The average molecular weight is 280 g/mol. The first-order valence-electron chi connectivity index (χ1n) is 5.83. The van der Waals surface area contributed by atoms with Gasteiger partial charge in [0, 0.05) is 7.05 Å². The monoisotopic (exact) mass is 279 g/mol. The Morgan fingerprint density at radius 2 is 2.16 bits per heavy atom. The lowest BCUT2D eigenvalue weighted by molar-refractivity contribution is 0.0773. The third-order valence-electron chi connectivity index (χ3n) is 2.64. The maximum atomic E-state index is 11.9. The molecule has 0 aliphatic rings. The number of nitrogens with zero attached hydrogens (tertiary/aromatic N) is 1. The molecule has 0 fully saturated rings. The molecule has 0 saturated heterocycles. The lowest BCUT2D eigenvalue weighted by atomic mass is 10.3. The first kappa shape index (κ1) is 13.5. The van der Waals surface area contributed by atoms with E-state index in [1.165, 1.54) is 12.5 Å². The van der Waals surface area contributed by atoms with Gasteiger partial charge in [-0.1, -0.05) is 23.7 Å². The number of para-hydroxylation sites is 1. The number of likely N-dealkylation sites (N-methyl/N-ethyl adjacent to an activating group) is 1. The van der Waals surface area contributed by atoms with E-state index in [-0.39, 0.29) is 5.91 Å². The first-order valence-corrected chi connectivity index (χ1v) is 6.21. The molecule has 0 bridgehead atoms. The van der Waals surface area contributed by atoms with Crippen LogP contribution in [0.3, 0.4) is 0 Å². The van der Waals surface area contributed by atoms with Crippen molar-refractivity contribution >= 4 is 17.5 Å². The average Bonchev–Trinajstić information content (AvgIpc) is 2.94. The molecule has 0 atom stereocenters. The molecule has 1 aromatic heterocycles. The van der Waals surface area contributed by atoms with Crippen LogP contribution in [0.5, 0.6) is 5.75 Å². The summed E-state index contributed by atoms with van der Waals surface area (Å²) in [5, 5.41) is 0.561. The first-order chi connectivity index (χ1) is 9.18. The fourth-order valence-corrected chi connectivity index (χ4v) is 1.75. The number of hydrogen-bond donors (Lipinski definition) is 0. The Balaban J connectivity index is 1.83. The van der Waals surface area contributed by atoms with Gasteiger partial charge in [-0.2, -0.15) is 0 Å². The number of furan rings is 1. The Bertz CT molecular complexity index is 539. The van der Waals surface area contributed by atoms with Gasteiger partial charge < -0.3 is 14.1 Å². The second-order valence-electron chi connectivity index (χ2n) is 4.02. The van der Waals surface area contributed by atoms with Crippen molar-refractivity contribution in [2.75, 3.05) is 20.2 Å². The number of rotatable bonds is 5. The van der Waals surface area contributed by atoms with Crippen LogP contribution in [0.1, 0.15) is 10.4 Å². The van der Waals surface area contributed by atoms with Crippen molar-refractivity contribution in [2.45, 2.75) is 0 Å². The number of carbonyl (C=O) groups is 1. The second-order valence-corrected chi connectivity index (χ2v) is 4.42. The largest absolute Gasteiger partial charge is 0.490 e. The van der Waals surface area contributed by atoms with Crippen LogP contribution in [0.4, 0.5) is 0 Å². The van der Waals surface area contributed by atoms with Crippen molar-refractivity contribution in [1.29, 1.82) is 0 Å². The minimum Gasteiger partial charge on any atom is -0.490 e. The van der Waals surface area contributed by atoms with Crippen LogP contribution in [0, 0.1) is 0 Å². The highest BCUT2D eigenvalue weighted by atomic mass is 35.5. The quantitative estimate of drug-likeness (QED) is 0.845. The molecular weight excluding hydrogens is 266 g/mol. The van der Waals surface area contributed by atoms with Crippen molar-refractivity contribution < 1.29 is 13.9 Å². The Kier molecular flexibility index (Phi) is 4.47. The lowest BCUT2D eigenvalue weighted by Crippen LogP contribution is -2.30. The zero-order chi connectivity index (χ0) is 13.7. The Hall–Kier alpha value is -1.94. The van der Waals surface area contributed by atoms with Gasteiger partial charge in [0.05, 0.1) is 23.4 Å². The third kappa shape index (κ3) is 3.51. The smallest absolute Gasteiger partial charge is 0.256 e. The summed E-state index contributed by atoms with van der Waals surface area (Å²) in [6.45, 7) is 0.846. The Morgan fingerprint density at radius 1 is 1.37 bits per heavy atom. The standard InChI is InChI=1S/C14H14ClNO3/c1-16(14(17)11-6-8-18-10-11)7-9-19-13-5-3-2-4-12(13)15/h2-6,8,10H,7,9H2,1H3.